The van der Waals surface area contributed by atoms with Crippen molar-refractivity contribution in [2.45, 2.75) is 6.54 Å². The van der Waals surface area contributed by atoms with E-state index in [4.69, 9.17) is 0 Å². The van der Waals surface area contributed by atoms with Gasteiger partial charge in [0.15, 0.2) is 0 Å². The predicted octanol–water partition coefficient (Wildman–Crippen LogP) is 2.50. The minimum atomic E-state index is 0.396. The lowest BCUT2D eigenvalue weighted by Crippen LogP contribution is -2.38. The van der Waals surface area contributed by atoms with Gasteiger partial charge in [0.25, 0.3) is 0 Å². The monoisotopic (exact) mass is 352 g/mol. The molecule has 128 valence electrons. The first kappa shape index (κ1) is 16.2. The molecule has 0 aliphatic heterocycles. The molecule has 27 heavy (non-hydrogen) atoms. The Bertz CT molecular complexity index is 1180. The minimum Gasteiger partial charge on any atom is -0.290 e. The smallest absolute Gasteiger partial charge is 0.290 e. The van der Waals surface area contributed by atoms with Gasteiger partial charge in [-0.05, 0) is 17.4 Å². The van der Waals surface area contributed by atoms with Crippen LogP contribution in [0, 0.1) is 22.8 Å². The summed E-state index contributed by atoms with van der Waals surface area (Å²) in [6.45, 7) is 0.463. The lowest BCUT2D eigenvalue weighted by molar-refractivity contribution is -0.563. The normalized spacial score (nSPS) is 10.3. The summed E-state index contributed by atoms with van der Waals surface area (Å²) in [5.41, 5.74) is 3.31. The highest BCUT2D eigenvalue weighted by Gasteiger charge is 2.26. The van der Waals surface area contributed by atoms with Gasteiger partial charge < -0.3 is 0 Å². The fourth-order valence-electron chi connectivity index (χ4n) is 3.01. The van der Waals surface area contributed by atoms with Crippen LogP contribution in [-0.4, -0.2) is 14.6 Å². The molecule has 3 heterocycles. The maximum Gasteiger partial charge on any atom is 0.354 e. The lowest BCUT2D eigenvalue weighted by Gasteiger charge is -2.11. The van der Waals surface area contributed by atoms with Crippen molar-refractivity contribution in [2.24, 2.45) is 0 Å². The van der Waals surface area contributed by atoms with E-state index in [1.807, 2.05) is 42.5 Å². The van der Waals surface area contributed by atoms with Gasteiger partial charge in [-0.15, -0.1) is 14.2 Å². The van der Waals surface area contributed by atoms with Gasteiger partial charge in [-0.1, -0.05) is 36.4 Å². The Hall–Kier alpha value is -4.23. The van der Waals surface area contributed by atoms with Crippen LogP contribution in [0.2, 0.25) is 0 Å². The first-order valence-corrected chi connectivity index (χ1v) is 8.27. The van der Waals surface area contributed by atoms with Crippen LogP contribution in [0.3, 0.4) is 0 Å². The molecule has 7 heteroatoms. The van der Waals surface area contributed by atoms with Gasteiger partial charge in [-0.25, -0.2) is 0 Å². The predicted molar refractivity (Wildman–Crippen MR) is 98.1 cm³/mol. The highest BCUT2D eigenvalue weighted by molar-refractivity contribution is 5.75. The SMILES string of the molecule is N#Cc1c(-c2ccccc2)[n+](C#N)c(NCc2cccnc2)n2nccc12. The largest absolute Gasteiger partial charge is 0.354 e. The summed E-state index contributed by atoms with van der Waals surface area (Å²) in [4.78, 5) is 4.11. The number of aromatic nitrogens is 4. The molecule has 0 fully saturated rings. The summed E-state index contributed by atoms with van der Waals surface area (Å²) < 4.78 is 2.98. The van der Waals surface area contributed by atoms with Crippen molar-refractivity contribution in [3.63, 3.8) is 0 Å². The highest BCUT2D eigenvalue weighted by atomic mass is 15.3. The van der Waals surface area contributed by atoms with Crippen LogP contribution in [0.15, 0.2) is 67.1 Å². The first-order chi connectivity index (χ1) is 13.3. The number of hydrogen-bond acceptors (Lipinski definition) is 5. The number of nitrogens with zero attached hydrogens (tertiary/aromatic N) is 6. The van der Waals surface area contributed by atoms with Crippen LogP contribution < -0.4 is 9.88 Å². The van der Waals surface area contributed by atoms with Crippen molar-refractivity contribution in [3.8, 4) is 23.5 Å². The third-order valence-corrected chi connectivity index (χ3v) is 4.20. The van der Waals surface area contributed by atoms with Crippen LogP contribution in [0.4, 0.5) is 5.95 Å². The molecule has 0 amide bonds. The van der Waals surface area contributed by atoms with Gasteiger partial charge in [0, 0.05) is 23.5 Å². The molecule has 0 spiro atoms. The van der Waals surface area contributed by atoms with Crippen LogP contribution in [0.5, 0.6) is 0 Å². The number of fused-ring (bicyclic) bond motifs is 1. The average molecular weight is 352 g/mol. The van der Waals surface area contributed by atoms with Crippen molar-refractivity contribution in [1.82, 2.24) is 14.6 Å². The quantitative estimate of drug-likeness (QED) is 0.570. The third-order valence-electron chi connectivity index (χ3n) is 4.20. The number of pyridine rings is 1. The Morgan fingerprint density at radius 3 is 2.59 bits per heavy atom. The number of rotatable bonds is 4. The summed E-state index contributed by atoms with van der Waals surface area (Å²) in [7, 11) is 0. The molecule has 0 unspecified atom stereocenters. The van der Waals surface area contributed by atoms with Gasteiger partial charge in [0.2, 0.25) is 0 Å². The van der Waals surface area contributed by atoms with Crippen LogP contribution >= 0.6 is 0 Å². The van der Waals surface area contributed by atoms with Gasteiger partial charge in [0.05, 0.1) is 12.7 Å². The molecular weight excluding hydrogens is 338 g/mol. The van der Waals surface area contributed by atoms with Crippen LogP contribution in [0.25, 0.3) is 16.8 Å². The van der Waals surface area contributed by atoms with Crippen LogP contribution in [0.1, 0.15) is 11.1 Å². The van der Waals surface area contributed by atoms with Crippen molar-refractivity contribution in [1.29, 1.82) is 10.5 Å². The maximum atomic E-state index is 9.88. The Labute approximate surface area is 155 Å². The van der Waals surface area contributed by atoms with Crippen molar-refractivity contribution in [3.05, 3.63) is 78.2 Å². The topological polar surface area (TPSA) is 93.7 Å². The van der Waals surface area contributed by atoms with E-state index in [-0.39, 0.29) is 0 Å². The molecule has 0 aliphatic rings. The Kier molecular flexibility index (Phi) is 4.18. The van der Waals surface area contributed by atoms with E-state index in [1.165, 1.54) is 4.57 Å². The standard InChI is InChI=1S/C20H13N7/c21-11-17-18-8-10-25-27(18)20(24-13-15-5-4-9-23-12-15)26(14-22)19(17)16-6-2-1-3-7-16/h1-10,12H,13H2/p+1. The lowest BCUT2D eigenvalue weighted by atomic mass is 10.1. The summed E-state index contributed by atoms with van der Waals surface area (Å²) in [5.74, 6) is 0.471. The molecular formula is C20H14N7+. The van der Waals surface area contributed by atoms with E-state index < -0.39 is 0 Å². The summed E-state index contributed by atoms with van der Waals surface area (Å²) in [6.07, 6.45) is 7.26. The van der Waals surface area contributed by atoms with E-state index in [1.54, 1.807) is 29.2 Å². The molecule has 0 atom stereocenters. The van der Waals surface area contributed by atoms with Crippen molar-refractivity contribution >= 4 is 11.5 Å². The Balaban J connectivity index is 1.94. The number of benzene rings is 1. The van der Waals surface area contributed by atoms with Gasteiger partial charge in [-0.3, -0.25) is 10.3 Å². The second-order valence-electron chi connectivity index (χ2n) is 5.80. The average Bonchev–Trinajstić information content (AvgIpc) is 3.22. The molecule has 7 nitrogen and oxygen atoms in total. The molecule has 0 aliphatic carbocycles. The third kappa shape index (κ3) is 2.84. The Morgan fingerprint density at radius 2 is 1.89 bits per heavy atom. The molecule has 4 aromatic rings. The van der Waals surface area contributed by atoms with E-state index in [2.05, 4.69) is 27.7 Å². The van der Waals surface area contributed by atoms with Crippen molar-refractivity contribution in [2.75, 3.05) is 5.32 Å². The first-order valence-electron chi connectivity index (χ1n) is 8.27. The fraction of sp³-hybridized carbons (Fsp3) is 0.0500. The van der Waals surface area contributed by atoms with Crippen molar-refractivity contribution < 1.29 is 4.57 Å². The van der Waals surface area contributed by atoms with Crippen LogP contribution in [-0.2, 0) is 6.54 Å². The number of nitriles is 2. The van der Waals surface area contributed by atoms with Gasteiger partial charge >= 0.3 is 12.1 Å². The molecule has 4 rings (SSSR count). The maximum absolute atomic E-state index is 9.88. The zero-order valence-electron chi connectivity index (χ0n) is 14.2. The van der Waals surface area contributed by atoms with E-state index in [0.717, 1.165) is 11.1 Å². The molecule has 0 saturated heterocycles. The summed E-state index contributed by atoms with van der Waals surface area (Å²) in [6, 6.07) is 17.2. The number of hydrogen-bond donors (Lipinski definition) is 1. The number of nitrogens with one attached hydrogen (secondary N) is 1. The van der Waals surface area contributed by atoms with E-state index in [9.17, 15) is 10.5 Å². The fourth-order valence-corrected chi connectivity index (χ4v) is 3.01. The minimum absolute atomic E-state index is 0.396. The molecule has 1 N–H and O–H groups in total. The van der Waals surface area contributed by atoms with Gasteiger partial charge in [0.1, 0.15) is 22.8 Å². The molecule has 3 aromatic heterocycles. The van der Waals surface area contributed by atoms with E-state index >= 15 is 0 Å². The number of anilines is 1. The van der Waals surface area contributed by atoms with Gasteiger partial charge in [-0.2, -0.15) is 5.26 Å². The summed E-state index contributed by atoms with van der Waals surface area (Å²) >= 11 is 0. The second-order valence-corrected chi connectivity index (χ2v) is 5.80. The highest BCUT2D eigenvalue weighted by Crippen LogP contribution is 2.25. The molecule has 0 bridgehead atoms. The zero-order valence-corrected chi connectivity index (χ0v) is 14.2. The Morgan fingerprint density at radius 1 is 1.04 bits per heavy atom. The molecule has 1 aromatic carbocycles. The second kappa shape index (κ2) is 6.95. The zero-order chi connectivity index (χ0) is 18.6. The van der Waals surface area contributed by atoms with E-state index in [0.29, 0.717) is 29.3 Å². The molecule has 0 radical (unpaired) electrons. The summed E-state index contributed by atoms with van der Waals surface area (Å²) in [5, 5.41) is 27.2. The molecule has 0 saturated carbocycles.